The van der Waals surface area contributed by atoms with Crippen LogP contribution >= 0.6 is 0 Å². The molecular formula is C26H28N2O5. The Morgan fingerprint density at radius 1 is 1.12 bits per heavy atom. The van der Waals surface area contributed by atoms with Crippen molar-refractivity contribution in [2.75, 3.05) is 13.7 Å². The van der Waals surface area contributed by atoms with Crippen LogP contribution in [-0.2, 0) is 24.6 Å². The van der Waals surface area contributed by atoms with Crippen LogP contribution in [0.25, 0.3) is 0 Å². The van der Waals surface area contributed by atoms with Gasteiger partial charge < -0.3 is 9.57 Å². The van der Waals surface area contributed by atoms with Crippen molar-refractivity contribution >= 4 is 17.6 Å². The molecule has 33 heavy (non-hydrogen) atoms. The number of rotatable bonds is 7. The lowest BCUT2D eigenvalue weighted by Gasteiger charge is -2.40. The van der Waals surface area contributed by atoms with Crippen LogP contribution in [0.1, 0.15) is 35.7 Å². The molecule has 4 unspecified atom stereocenters. The maximum Gasteiger partial charge on any atom is 0.365 e. The molecule has 2 aromatic rings. The monoisotopic (exact) mass is 448 g/mol. The van der Waals surface area contributed by atoms with E-state index in [1.54, 1.807) is 24.3 Å². The van der Waals surface area contributed by atoms with E-state index in [1.165, 1.54) is 7.11 Å². The first kappa shape index (κ1) is 22.9. The van der Waals surface area contributed by atoms with Crippen molar-refractivity contribution in [3.05, 3.63) is 83.9 Å². The van der Waals surface area contributed by atoms with Gasteiger partial charge in [0.15, 0.2) is 0 Å². The number of oxime groups is 1. The van der Waals surface area contributed by atoms with E-state index in [1.807, 2.05) is 55.5 Å². The molecule has 7 heteroatoms. The molecule has 0 spiro atoms. The van der Waals surface area contributed by atoms with Gasteiger partial charge in [-0.3, -0.25) is 9.63 Å². The highest BCUT2D eigenvalue weighted by molar-refractivity contribution is 5.93. The van der Waals surface area contributed by atoms with E-state index >= 15 is 0 Å². The summed E-state index contributed by atoms with van der Waals surface area (Å²) in [5.74, 6) is -0.791. The van der Waals surface area contributed by atoms with Crippen LogP contribution in [0.4, 0.5) is 0 Å². The van der Waals surface area contributed by atoms with Crippen molar-refractivity contribution in [3.8, 4) is 0 Å². The van der Waals surface area contributed by atoms with Gasteiger partial charge in [-0.1, -0.05) is 72.8 Å². The molecule has 3 aliphatic rings. The lowest BCUT2D eigenvalue weighted by Crippen LogP contribution is -2.53. The smallest absolute Gasteiger partial charge is 0.365 e. The summed E-state index contributed by atoms with van der Waals surface area (Å²) in [5, 5.41) is 4.26. The second-order valence-corrected chi connectivity index (χ2v) is 8.24. The van der Waals surface area contributed by atoms with Crippen molar-refractivity contribution < 1.29 is 24.0 Å². The summed E-state index contributed by atoms with van der Waals surface area (Å²) in [7, 11) is 1.42. The highest BCUT2D eigenvalue weighted by atomic mass is 16.7. The molecule has 2 heterocycles. The predicted molar refractivity (Wildman–Crippen MR) is 123 cm³/mol. The fourth-order valence-corrected chi connectivity index (χ4v) is 4.74. The SMILES string of the molecule is CC/C(=N\OC(=O)c1ccccc1)C1CC2OCC1C=CC2(C(=O)NOC)c1ccccc1. The number of carbonyl (C=O) groups excluding carboxylic acids is 2. The molecule has 0 saturated carbocycles. The Morgan fingerprint density at radius 2 is 1.82 bits per heavy atom. The van der Waals surface area contributed by atoms with Crippen molar-refractivity contribution in [1.82, 2.24) is 5.48 Å². The van der Waals surface area contributed by atoms with Gasteiger partial charge in [-0.15, -0.1) is 0 Å². The van der Waals surface area contributed by atoms with Crippen molar-refractivity contribution in [2.45, 2.75) is 31.3 Å². The van der Waals surface area contributed by atoms with Crippen molar-refractivity contribution in [2.24, 2.45) is 17.0 Å². The van der Waals surface area contributed by atoms with Gasteiger partial charge in [0, 0.05) is 11.8 Å². The molecule has 1 saturated heterocycles. The van der Waals surface area contributed by atoms with Gasteiger partial charge in [-0.25, -0.2) is 10.3 Å². The lowest BCUT2D eigenvalue weighted by atomic mass is 9.71. The molecule has 0 aromatic heterocycles. The number of benzene rings is 2. The van der Waals surface area contributed by atoms with Crippen LogP contribution < -0.4 is 5.48 Å². The maximum absolute atomic E-state index is 13.3. The van der Waals surface area contributed by atoms with Gasteiger partial charge >= 0.3 is 5.97 Å². The minimum Gasteiger partial charge on any atom is -0.376 e. The first-order valence-corrected chi connectivity index (χ1v) is 11.1. The zero-order valence-electron chi connectivity index (χ0n) is 18.8. The Labute approximate surface area is 193 Å². The van der Waals surface area contributed by atoms with Crippen LogP contribution in [0.3, 0.4) is 0 Å². The molecule has 2 bridgehead atoms. The quantitative estimate of drug-likeness (QED) is 0.301. The van der Waals surface area contributed by atoms with E-state index in [4.69, 9.17) is 14.4 Å². The summed E-state index contributed by atoms with van der Waals surface area (Å²) < 4.78 is 6.22. The summed E-state index contributed by atoms with van der Waals surface area (Å²) >= 11 is 0. The Hall–Kier alpha value is -3.29. The third-order valence-electron chi connectivity index (χ3n) is 6.46. The zero-order valence-corrected chi connectivity index (χ0v) is 18.8. The second kappa shape index (κ2) is 10.1. The van der Waals surface area contributed by atoms with E-state index in [2.05, 4.69) is 10.6 Å². The average molecular weight is 449 g/mol. The molecule has 2 aliphatic heterocycles. The number of hydrogen-bond donors (Lipinski definition) is 1. The van der Waals surface area contributed by atoms with Gasteiger partial charge in [-0.05, 0) is 30.5 Å². The number of hydroxylamine groups is 1. The molecule has 2 aromatic carbocycles. The number of ether oxygens (including phenoxy) is 1. The molecule has 0 radical (unpaired) electrons. The molecule has 1 N–H and O–H groups in total. The number of nitrogens with one attached hydrogen (secondary N) is 1. The van der Waals surface area contributed by atoms with E-state index in [0.29, 0.717) is 25.0 Å². The van der Waals surface area contributed by atoms with Gasteiger partial charge in [0.1, 0.15) is 5.41 Å². The Morgan fingerprint density at radius 3 is 2.48 bits per heavy atom. The molecule has 172 valence electrons. The molecule has 4 atom stereocenters. The topological polar surface area (TPSA) is 86.2 Å². The van der Waals surface area contributed by atoms with Gasteiger partial charge in [0.2, 0.25) is 0 Å². The third kappa shape index (κ3) is 4.47. The number of amides is 1. The fraction of sp³-hybridized carbons (Fsp3) is 0.346. The Bertz CT molecular complexity index is 1040. The minimum atomic E-state index is -1.04. The van der Waals surface area contributed by atoms with E-state index < -0.39 is 17.5 Å². The summed E-state index contributed by atoms with van der Waals surface area (Å²) in [6.45, 7) is 2.44. The summed E-state index contributed by atoms with van der Waals surface area (Å²) in [4.78, 5) is 36.0. The van der Waals surface area contributed by atoms with Crippen LogP contribution in [0, 0.1) is 11.8 Å². The first-order chi connectivity index (χ1) is 16.1. The molecule has 7 nitrogen and oxygen atoms in total. The molecule has 1 amide bonds. The highest BCUT2D eigenvalue weighted by Gasteiger charge is 2.52. The van der Waals surface area contributed by atoms with E-state index in [-0.39, 0.29) is 17.7 Å². The number of nitrogens with zero attached hydrogens (tertiary/aromatic N) is 1. The van der Waals surface area contributed by atoms with Crippen LogP contribution in [0.2, 0.25) is 0 Å². The van der Waals surface area contributed by atoms with Gasteiger partial charge in [0.25, 0.3) is 5.91 Å². The van der Waals surface area contributed by atoms with Crippen LogP contribution in [0.15, 0.2) is 78.0 Å². The molecule has 1 aliphatic carbocycles. The number of fused-ring (bicyclic) bond motifs is 3. The zero-order chi connectivity index (χ0) is 23.3. The van der Waals surface area contributed by atoms with Crippen LogP contribution in [0.5, 0.6) is 0 Å². The Kier molecular flexibility index (Phi) is 7.01. The molecular weight excluding hydrogens is 420 g/mol. The normalized spacial score (nSPS) is 26.5. The summed E-state index contributed by atoms with van der Waals surface area (Å²) in [6, 6.07) is 18.3. The van der Waals surface area contributed by atoms with Crippen LogP contribution in [-0.4, -0.2) is 37.4 Å². The summed E-state index contributed by atoms with van der Waals surface area (Å²) in [6.07, 6.45) is 4.70. The third-order valence-corrected chi connectivity index (χ3v) is 6.46. The van der Waals surface area contributed by atoms with Crippen molar-refractivity contribution in [3.63, 3.8) is 0 Å². The fourth-order valence-electron chi connectivity index (χ4n) is 4.74. The lowest BCUT2D eigenvalue weighted by molar-refractivity contribution is -0.143. The standard InChI is InChI=1S/C26H28N2O5/c1-3-22(27-33-24(29)18-10-6-4-7-11-18)21-16-23-26(25(30)28-31-2,15-14-19(21)17-32-23)20-12-8-5-9-13-20/h4-15,19,21,23H,3,16-17H2,1-2H3,(H,28,30)/b27-22+. The van der Waals surface area contributed by atoms with Gasteiger partial charge in [0.05, 0.1) is 31.1 Å². The second-order valence-electron chi connectivity index (χ2n) is 8.24. The Balaban J connectivity index is 1.63. The van der Waals surface area contributed by atoms with Crippen molar-refractivity contribution in [1.29, 1.82) is 0 Å². The number of hydrogen-bond acceptors (Lipinski definition) is 6. The maximum atomic E-state index is 13.3. The number of carbonyl (C=O) groups is 2. The average Bonchev–Trinajstić information content (AvgIpc) is 3.15. The van der Waals surface area contributed by atoms with E-state index in [0.717, 1.165) is 11.3 Å². The molecule has 5 rings (SSSR count). The molecule has 1 fully saturated rings. The van der Waals surface area contributed by atoms with Gasteiger partial charge in [-0.2, -0.15) is 0 Å². The highest BCUT2D eigenvalue weighted by Crippen LogP contribution is 2.44. The predicted octanol–water partition coefficient (Wildman–Crippen LogP) is 3.82. The largest absolute Gasteiger partial charge is 0.376 e. The van der Waals surface area contributed by atoms with E-state index in [9.17, 15) is 9.59 Å². The minimum absolute atomic E-state index is 0.0105. The first-order valence-electron chi connectivity index (χ1n) is 11.1. The summed E-state index contributed by atoms with van der Waals surface area (Å²) in [5.41, 5.74) is 3.52.